The van der Waals surface area contributed by atoms with E-state index in [2.05, 4.69) is 20.6 Å². The molecule has 0 saturated carbocycles. The Morgan fingerprint density at radius 1 is 1.08 bits per heavy atom. The second-order valence-electron chi connectivity index (χ2n) is 6.22. The number of nitrogens with zero attached hydrogens (tertiary/aromatic N) is 3. The number of aryl methyl sites for hydroxylation is 2. The van der Waals surface area contributed by atoms with Gasteiger partial charge in [-0.25, -0.2) is 0 Å². The lowest BCUT2D eigenvalue weighted by Gasteiger charge is -2.18. The molecule has 0 bridgehead atoms. The van der Waals surface area contributed by atoms with Crippen LogP contribution in [0, 0.1) is 19.8 Å². The summed E-state index contributed by atoms with van der Waals surface area (Å²) in [7, 11) is 0. The van der Waals surface area contributed by atoms with Gasteiger partial charge in [-0.3, -0.25) is 4.79 Å². The van der Waals surface area contributed by atoms with Crippen LogP contribution in [0.1, 0.15) is 47.6 Å². The van der Waals surface area contributed by atoms with E-state index in [1.54, 1.807) is 13.8 Å². The van der Waals surface area contributed by atoms with Gasteiger partial charge in [-0.2, -0.15) is 4.98 Å². The van der Waals surface area contributed by atoms with Crippen molar-refractivity contribution < 1.29 is 13.8 Å². The van der Waals surface area contributed by atoms with E-state index >= 15 is 0 Å². The Kier molecular flexibility index (Phi) is 4.65. The zero-order valence-electron chi connectivity index (χ0n) is 14.6. The molecule has 25 heavy (non-hydrogen) atoms. The van der Waals surface area contributed by atoms with Gasteiger partial charge in [0.15, 0.2) is 0 Å². The van der Waals surface area contributed by atoms with Crippen LogP contribution in [0.2, 0.25) is 0 Å². The van der Waals surface area contributed by atoms with E-state index < -0.39 is 6.04 Å². The summed E-state index contributed by atoms with van der Waals surface area (Å²) in [5.74, 6) is 1.14. The molecular formula is C18H20N4O3. The lowest BCUT2D eigenvalue weighted by Crippen LogP contribution is -2.32. The van der Waals surface area contributed by atoms with Gasteiger partial charge in [-0.15, -0.1) is 0 Å². The Labute approximate surface area is 145 Å². The minimum absolute atomic E-state index is 0.0634. The van der Waals surface area contributed by atoms with Gasteiger partial charge in [0, 0.05) is 5.56 Å². The highest BCUT2D eigenvalue weighted by molar-refractivity contribution is 5.96. The van der Waals surface area contributed by atoms with Crippen molar-refractivity contribution in [2.45, 2.75) is 33.7 Å². The van der Waals surface area contributed by atoms with Crippen molar-refractivity contribution in [3.8, 4) is 11.4 Å². The molecule has 3 aromatic rings. The predicted molar refractivity (Wildman–Crippen MR) is 90.8 cm³/mol. The largest absolute Gasteiger partial charge is 0.361 e. The average molecular weight is 340 g/mol. The topological polar surface area (TPSA) is 94.1 Å². The average Bonchev–Trinajstić information content (AvgIpc) is 3.20. The molecule has 1 aromatic carbocycles. The summed E-state index contributed by atoms with van der Waals surface area (Å²) in [5.41, 5.74) is 1.85. The van der Waals surface area contributed by atoms with Crippen LogP contribution < -0.4 is 5.32 Å². The summed E-state index contributed by atoms with van der Waals surface area (Å²) in [6.07, 6.45) is 0. The third-order valence-electron chi connectivity index (χ3n) is 3.95. The fourth-order valence-corrected chi connectivity index (χ4v) is 2.60. The van der Waals surface area contributed by atoms with Gasteiger partial charge in [0.25, 0.3) is 5.91 Å². The number of carbonyl (C=O) groups excluding carboxylic acids is 1. The fraction of sp³-hybridized carbons (Fsp3) is 0.333. The van der Waals surface area contributed by atoms with Crippen LogP contribution in [-0.2, 0) is 0 Å². The lowest BCUT2D eigenvalue weighted by atomic mass is 10.0. The highest BCUT2D eigenvalue weighted by Gasteiger charge is 2.27. The predicted octanol–water partition coefficient (Wildman–Crippen LogP) is 3.47. The Hall–Kier alpha value is -2.96. The van der Waals surface area contributed by atoms with Gasteiger partial charge >= 0.3 is 0 Å². The monoisotopic (exact) mass is 340 g/mol. The van der Waals surface area contributed by atoms with Crippen molar-refractivity contribution in [1.29, 1.82) is 0 Å². The van der Waals surface area contributed by atoms with Crippen LogP contribution in [0.15, 0.2) is 39.4 Å². The van der Waals surface area contributed by atoms with E-state index in [0.29, 0.717) is 28.7 Å². The SMILES string of the molecule is Cc1noc(C)c1C(=O)NC(c1nc(-c2ccccc2)no1)C(C)C. The minimum Gasteiger partial charge on any atom is -0.361 e. The van der Waals surface area contributed by atoms with Gasteiger partial charge in [0.2, 0.25) is 11.7 Å². The highest BCUT2D eigenvalue weighted by Crippen LogP contribution is 2.24. The molecule has 3 rings (SSSR count). The van der Waals surface area contributed by atoms with E-state index in [4.69, 9.17) is 9.05 Å². The maximum atomic E-state index is 12.6. The van der Waals surface area contributed by atoms with E-state index in [1.165, 1.54) is 0 Å². The first-order chi connectivity index (χ1) is 12.0. The Balaban J connectivity index is 1.85. The van der Waals surface area contributed by atoms with Gasteiger partial charge in [0.1, 0.15) is 17.4 Å². The van der Waals surface area contributed by atoms with Crippen molar-refractivity contribution in [1.82, 2.24) is 20.6 Å². The number of hydrogen-bond donors (Lipinski definition) is 1. The first kappa shape index (κ1) is 16.9. The van der Waals surface area contributed by atoms with Crippen molar-refractivity contribution in [3.63, 3.8) is 0 Å². The number of aromatic nitrogens is 3. The zero-order chi connectivity index (χ0) is 18.0. The molecule has 0 spiro atoms. The van der Waals surface area contributed by atoms with E-state index in [9.17, 15) is 4.79 Å². The molecule has 1 atom stereocenters. The number of carbonyl (C=O) groups is 1. The molecule has 0 aliphatic heterocycles. The summed E-state index contributed by atoms with van der Waals surface area (Å²) in [6.45, 7) is 7.39. The van der Waals surface area contributed by atoms with Crippen LogP contribution in [0.25, 0.3) is 11.4 Å². The zero-order valence-corrected chi connectivity index (χ0v) is 14.6. The second kappa shape index (κ2) is 6.88. The third kappa shape index (κ3) is 3.45. The summed E-state index contributed by atoms with van der Waals surface area (Å²) in [6, 6.07) is 9.13. The molecule has 0 aliphatic rings. The number of hydrogen-bond acceptors (Lipinski definition) is 6. The highest BCUT2D eigenvalue weighted by atomic mass is 16.5. The summed E-state index contributed by atoms with van der Waals surface area (Å²) in [5, 5.41) is 10.8. The number of nitrogens with one attached hydrogen (secondary N) is 1. The molecule has 7 heteroatoms. The molecule has 2 aromatic heterocycles. The molecule has 130 valence electrons. The van der Waals surface area contributed by atoms with Crippen LogP contribution in [-0.4, -0.2) is 21.2 Å². The molecule has 0 fully saturated rings. The van der Waals surface area contributed by atoms with Crippen LogP contribution in [0.3, 0.4) is 0 Å². The number of amides is 1. The van der Waals surface area contributed by atoms with Gasteiger partial charge in [-0.05, 0) is 19.8 Å². The first-order valence-corrected chi connectivity index (χ1v) is 8.10. The summed E-state index contributed by atoms with van der Waals surface area (Å²) >= 11 is 0. The number of rotatable bonds is 5. The van der Waals surface area contributed by atoms with Gasteiger partial charge in [-0.1, -0.05) is 54.5 Å². The quantitative estimate of drug-likeness (QED) is 0.764. The molecule has 2 heterocycles. The van der Waals surface area contributed by atoms with Crippen molar-refractivity contribution in [2.24, 2.45) is 5.92 Å². The molecule has 0 radical (unpaired) electrons. The minimum atomic E-state index is -0.411. The second-order valence-corrected chi connectivity index (χ2v) is 6.22. The van der Waals surface area contributed by atoms with Crippen molar-refractivity contribution in [2.75, 3.05) is 0 Å². The normalized spacial score (nSPS) is 12.4. The van der Waals surface area contributed by atoms with Crippen LogP contribution in [0.5, 0.6) is 0 Å². The van der Waals surface area contributed by atoms with Crippen LogP contribution >= 0.6 is 0 Å². The van der Waals surface area contributed by atoms with Crippen LogP contribution in [0.4, 0.5) is 0 Å². The molecular weight excluding hydrogens is 320 g/mol. The lowest BCUT2D eigenvalue weighted by molar-refractivity contribution is 0.0912. The smallest absolute Gasteiger partial charge is 0.257 e. The molecule has 0 aliphatic carbocycles. The fourth-order valence-electron chi connectivity index (χ4n) is 2.60. The van der Waals surface area contributed by atoms with E-state index in [0.717, 1.165) is 5.56 Å². The Morgan fingerprint density at radius 2 is 1.80 bits per heavy atom. The van der Waals surface area contributed by atoms with E-state index in [1.807, 2.05) is 44.2 Å². The Bertz CT molecular complexity index is 848. The maximum Gasteiger partial charge on any atom is 0.257 e. The third-order valence-corrected chi connectivity index (χ3v) is 3.95. The van der Waals surface area contributed by atoms with E-state index in [-0.39, 0.29) is 11.8 Å². The van der Waals surface area contributed by atoms with Crippen molar-refractivity contribution >= 4 is 5.91 Å². The van der Waals surface area contributed by atoms with Gasteiger partial charge < -0.3 is 14.4 Å². The Morgan fingerprint density at radius 3 is 2.40 bits per heavy atom. The molecule has 1 unspecified atom stereocenters. The van der Waals surface area contributed by atoms with Gasteiger partial charge in [0.05, 0.1) is 5.69 Å². The molecule has 7 nitrogen and oxygen atoms in total. The molecule has 1 amide bonds. The number of benzene rings is 1. The summed E-state index contributed by atoms with van der Waals surface area (Å²) < 4.78 is 10.5. The van der Waals surface area contributed by atoms with Crippen molar-refractivity contribution in [3.05, 3.63) is 53.2 Å². The molecule has 0 saturated heterocycles. The maximum absolute atomic E-state index is 12.6. The standard InChI is InChI=1S/C18H20N4O3/c1-10(2)15(19-17(23)14-11(3)21-24-12(14)4)18-20-16(22-25-18)13-8-6-5-7-9-13/h5-10,15H,1-4H3,(H,19,23). The molecule has 1 N–H and O–H groups in total. The summed E-state index contributed by atoms with van der Waals surface area (Å²) in [4.78, 5) is 17.1. The first-order valence-electron chi connectivity index (χ1n) is 8.10.